The minimum Gasteiger partial charge on any atom is -0.496 e. The number of benzene rings is 2. The van der Waals surface area contributed by atoms with Crippen LogP contribution >= 0.6 is 27.5 Å². The maximum absolute atomic E-state index is 12.7. The Morgan fingerprint density at radius 1 is 1.08 bits per heavy atom. The molecule has 26 heavy (non-hydrogen) atoms. The lowest BCUT2D eigenvalue weighted by Gasteiger charge is -2.34. The Morgan fingerprint density at radius 2 is 1.73 bits per heavy atom. The molecule has 0 bridgehead atoms. The predicted molar refractivity (Wildman–Crippen MR) is 106 cm³/mol. The number of ether oxygens (including phenoxy) is 1. The number of piperazine rings is 1. The monoisotopic (exact) mass is 458 g/mol. The van der Waals surface area contributed by atoms with Crippen molar-refractivity contribution >= 4 is 37.6 Å². The molecule has 2 aromatic rings. The molecule has 1 saturated heterocycles. The average molecular weight is 460 g/mol. The highest BCUT2D eigenvalue weighted by molar-refractivity contribution is 9.10. The lowest BCUT2D eigenvalue weighted by atomic mass is 10.2. The van der Waals surface area contributed by atoms with Gasteiger partial charge in [-0.2, -0.15) is 4.31 Å². The molecule has 0 unspecified atom stereocenters. The second-order valence-corrected chi connectivity index (χ2v) is 9.38. The van der Waals surface area contributed by atoms with Crippen molar-refractivity contribution in [3.05, 3.63) is 57.5 Å². The molecule has 0 atom stereocenters. The normalized spacial score (nSPS) is 16.6. The fourth-order valence-electron chi connectivity index (χ4n) is 3.00. The van der Waals surface area contributed by atoms with Crippen molar-refractivity contribution in [2.75, 3.05) is 33.3 Å². The summed E-state index contributed by atoms with van der Waals surface area (Å²) in [5, 5.41) is 0.525. The molecular formula is C18H20BrClN2O3S. The van der Waals surface area contributed by atoms with Gasteiger partial charge < -0.3 is 4.74 Å². The first-order chi connectivity index (χ1) is 12.4. The molecule has 0 N–H and O–H groups in total. The topological polar surface area (TPSA) is 49.9 Å². The third-order valence-electron chi connectivity index (χ3n) is 4.42. The molecule has 140 valence electrons. The van der Waals surface area contributed by atoms with E-state index in [2.05, 4.69) is 20.8 Å². The largest absolute Gasteiger partial charge is 0.496 e. The molecule has 0 aliphatic carbocycles. The quantitative estimate of drug-likeness (QED) is 0.685. The van der Waals surface area contributed by atoms with Crippen LogP contribution in [0.1, 0.15) is 5.56 Å². The first kappa shape index (κ1) is 19.6. The van der Waals surface area contributed by atoms with Crippen LogP contribution in [-0.4, -0.2) is 50.9 Å². The molecule has 0 saturated carbocycles. The molecule has 0 aromatic heterocycles. The van der Waals surface area contributed by atoms with Crippen LogP contribution in [0.4, 0.5) is 0 Å². The van der Waals surface area contributed by atoms with E-state index in [-0.39, 0.29) is 4.90 Å². The molecular weight excluding hydrogens is 440 g/mol. The van der Waals surface area contributed by atoms with Gasteiger partial charge in [-0.15, -0.1) is 0 Å². The summed E-state index contributed by atoms with van der Waals surface area (Å²) in [6.07, 6.45) is 0. The summed E-state index contributed by atoms with van der Waals surface area (Å²) in [7, 11) is -1.82. The molecule has 8 heteroatoms. The van der Waals surface area contributed by atoms with E-state index in [1.807, 2.05) is 18.2 Å². The van der Waals surface area contributed by atoms with Crippen LogP contribution in [0.15, 0.2) is 51.8 Å². The van der Waals surface area contributed by atoms with Crippen molar-refractivity contribution in [1.82, 2.24) is 9.21 Å². The Hall–Kier alpha value is -1.12. The molecule has 1 heterocycles. The maximum atomic E-state index is 12.7. The summed E-state index contributed by atoms with van der Waals surface area (Å²) in [6, 6.07) is 12.2. The molecule has 2 aromatic carbocycles. The average Bonchev–Trinajstić information content (AvgIpc) is 2.63. The summed E-state index contributed by atoms with van der Waals surface area (Å²) in [5.74, 6) is 0.837. The first-order valence-electron chi connectivity index (χ1n) is 8.20. The Balaban J connectivity index is 1.66. The maximum Gasteiger partial charge on any atom is 0.243 e. The molecule has 1 aliphatic heterocycles. The standard InChI is InChI=1S/C18H20BrClN2O3S/c1-25-18-7-2-15(19)12-14(18)13-21-8-10-22(11-9-21)26(23,24)17-5-3-16(20)4-6-17/h2-7,12H,8-11,13H2,1H3. The van der Waals surface area contributed by atoms with Gasteiger partial charge in [0.25, 0.3) is 0 Å². The van der Waals surface area contributed by atoms with Gasteiger partial charge in [0.05, 0.1) is 12.0 Å². The van der Waals surface area contributed by atoms with Crippen LogP contribution in [0.5, 0.6) is 5.75 Å². The summed E-state index contributed by atoms with van der Waals surface area (Å²) in [4.78, 5) is 2.52. The second kappa shape index (κ2) is 8.27. The molecule has 0 amide bonds. The zero-order valence-corrected chi connectivity index (χ0v) is 17.5. The Labute approximate surface area is 167 Å². The SMILES string of the molecule is COc1ccc(Br)cc1CN1CCN(S(=O)(=O)c2ccc(Cl)cc2)CC1. The van der Waals surface area contributed by atoms with Gasteiger partial charge in [0.15, 0.2) is 0 Å². The molecule has 5 nitrogen and oxygen atoms in total. The van der Waals surface area contributed by atoms with Crippen molar-refractivity contribution < 1.29 is 13.2 Å². The Morgan fingerprint density at radius 3 is 2.35 bits per heavy atom. The third kappa shape index (κ3) is 4.40. The minimum absolute atomic E-state index is 0.281. The van der Waals surface area contributed by atoms with Crippen LogP contribution in [0, 0.1) is 0 Å². The van der Waals surface area contributed by atoms with Gasteiger partial charge in [-0.1, -0.05) is 27.5 Å². The van der Waals surface area contributed by atoms with Crippen LogP contribution in [-0.2, 0) is 16.6 Å². The fourth-order valence-corrected chi connectivity index (χ4v) is 4.95. The number of methoxy groups -OCH3 is 1. The molecule has 1 fully saturated rings. The van der Waals surface area contributed by atoms with Crippen LogP contribution in [0.3, 0.4) is 0 Å². The molecule has 3 rings (SSSR count). The van der Waals surface area contributed by atoms with Crippen molar-refractivity contribution in [2.24, 2.45) is 0 Å². The van der Waals surface area contributed by atoms with Crippen LogP contribution in [0.2, 0.25) is 5.02 Å². The van der Waals surface area contributed by atoms with Crippen LogP contribution in [0.25, 0.3) is 0 Å². The Bertz CT molecular complexity index is 867. The zero-order valence-electron chi connectivity index (χ0n) is 14.4. The van der Waals surface area contributed by atoms with E-state index >= 15 is 0 Å². The lowest BCUT2D eigenvalue weighted by molar-refractivity contribution is 0.180. The molecule has 0 radical (unpaired) electrons. The van der Waals surface area contributed by atoms with Gasteiger partial charge >= 0.3 is 0 Å². The number of sulfonamides is 1. The summed E-state index contributed by atoms with van der Waals surface area (Å²) >= 11 is 9.34. The highest BCUT2D eigenvalue weighted by Gasteiger charge is 2.28. The van der Waals surface area contributed by atoms with Crippen molar-refractivity contribution in [1.29, 1.82) is 0 Å². The Kier molecular flexibility index (Phi) is 6.25. The first-order valence-corrected chi connectivity index (χ1v) is 10.8. The predicted octanol–water partition coefficient (Wildman–Crippen LogP) is 3.62. The van der Waals surface area contributed by atoms with Crippen molar-refractivity contribution in [3.63, 3.8) is 0 Å². The highest BCUT2D eigenvalue weighted by atomic mass is 79.9. The van der Waals surface area contributed by atoms with Gasteiger partial charge in [0.1, 0.15) is 5.75 Å². The molecule has 1 aliphatic rings. The highest BCUT2D eigenvalue weighted by Crippen LogP contribution is 2.25. The van der Waals surface area contributed by atoms with Crippen molar-refractivity contribution in [2.45, 2.75) is 11.4 Å². The van der Waals surface area contributed by atoms with Crippen LogP contribution < -0.4 is 4.74 Å². The van der Waals surface area contributed by atoms with Gasteiger partial charge in [0.2, 0.25) is 10.0 Å². The van der Waals surface area contributed by atoms with Crippen molar-refractivity contribution in [3.8, 4) is 5.75 Å². The van der Waals surface area contributed by atoms with E-state index in [1.165, 1.54) is 4.31 Å². The number of nitrogens with zero attached hydrogens (tertiary/aromatic N) is 2. The smallest absolute Gasteiger partial charge is 0.243 e. The summed E-state index contributed by atoms with van der Waals surface area (Å²) < 4.78 is 33.4. The molecule has 0 spiro atoms. The summed E-state index contributed by atoms with van der Waals surface area (Å²) in [5.41, 5.74) is 1.08. The fraction of sp³-hybridized carbons (Fsp3) is 0.333. The summed E-state index contributed by atoms with van der Waals surface area (Å²) in [6.45, 7) is 2.98. The number of halogens is 2. The van der Waals surface area contributed by atoms with E-state index in [0.29, 0.717) is 31.2 Å². The number of hydrogen-bond donors (Lipinski definition) is 0. The van der Waals surface area contributed by atoms with Gasteiger partial charge in [-0.3, -0.25) is 4.90 Å². The van der Waals surface area contributed by atoms with Gasteiger partial charge in [0, 0.05) is 47.8 Å². The second-order valence-electron chi connectivity index (χ2n) is 6.09. The number of rotatable bonds is 5. The lowest BCUT2D eigenvalue weighted by Crippen LogP contribution is -2.48. The van der Waals surface area contributed by atoms with E-state index in [9.17, 15) is 8.42 Å². The van der Waals surface area contributed by atoms with Gasteiger partial charge in [-0.25, -0.2) is 8.42 Å². The third-order valence-corrected chi connectivity index (χ3v) is 7.08. The van der Waals surface area contributed by atoms with E-state index in [1.54, 1.807) is 31.4 Å². The van der Waals surface area contributed by atoms with E-state index < -0.39 is 10.0 Å². The van der Waals surface area contributed by atoms with Gasteiger partial charge in [-0.05, 0) is 42.5 Å². The van der Waals surface area contributed by atoms with E-state index in [0.717, 1.165) is 22.3 Å². The van der Waals surface area contributed by atoms with E-state index in [4.69, 9.17) is 16.3 Å². The minimum atomic E-state index is -3.48. The number of hydrogen-bond acceptors (Lipinski definition) is 4. The zero-order chi connectivity index (χ0) is 18.7.